The first-order valence-electron chi connectivity index (χ1n) is 6.55. The molecule has 2 aliphatic rings. The van der Waals surface area contributed by atoms with Gasteiger partial charge >= 0.3 is 0 Å². The first-order chi connectivity index (χ1) is 10.3. The first kappa shape index (κ1) is 12.9. The van der Waals surface area contributed by atoms with Crippen LogP contribution in [0.1, 0.15) is 11.9 Å². The van der Waals surface area contributed by atoms with Crippen LogP contribution in [0.25, 0.3) is 11.5 Å². The molecule has 2 aliphatic heterocycles. The summed E-state index contributed by atoms with van der Waals surface area (Å²) in [4.78, 5) is 4.40. The van der Waals surface area contributed by atoms with Gasteiger partial charge in [-0.25, -0.2) is 0 Å². The van der Waals surface area contributed by atoms with Crippen molar-refractivity contribution >= 4 is 11.6 Å². The molecular formula is C13H12ClN3O4. The van der Waals surface area contributed by atoms with Crippen molar-refractivity contribution in [2.45, 2.75) is 6.04 Å². The molecule has 3 heterocycles. The lowest BCUT2D eigenvalue weighted by molar-refractivity contribution is 0.0734. The van der Waals surface area contributed by atoms with Crippen molar-refractivity contribution in [1.82, 2.24) is 15.5 Å². The molecule has 1 fully saturated rings. The summed E-state index contributed by atoms with van der Waals surface area (Å²) < 4.78 is 21.3. The molecule has 1 aromatic carbocycles. The minimum Gasteiger partial charge on any atom is -0.454 e. The third-order valence-corrected chi connectivity index (χ3v) is 3.63. The van der Waals surface area contributed by atoms with Gasteiger partial charge in [-0.05, 0) is 12.1 Å². The highest BCUT2D eigenvalue weighted by molar-refractivity contribution is 6.32. The molecule has 110 valence electrons. The van der Waals surface area contributed by atoms with Gasteiger partial charge < -0.3 is 24.1 Å². The second-order valence-electron chi connectivity index (χ2n) is 4.73. The van der Waals surface area contributed by atoms with E-state index in [4.69, 9.17) is 30.3 Å². The van der Waals surface area contributed by atoms with Gasteiger partial charge in [0.1, 0.15) is 0 Å². The Hall–Kier alpha value is -1.83. The standard InChI is InChI=1S/C13H12ClN3O4/c14-8-3-7(4-10-11(8)20-6-19-10)13-16-12(17-21-13)9-5-18-2-1-15-9/h3-4,9,15H,1-2,5-6H2/t9-/m0/s1. The van der Waals surface area contributed by atoms with E-state index in [-0.39, 0.29) is 12.8 Å². The summed E-state index contributed by atoms with van der Waals surface area (Å²) in [7, 11) is 0. The third kappa shape index (κ3) is 2.33. The van der Waals surface area contributed by atoms with Crippen LogP contribution in [0.3, 0.4) is 0 Å². The minimum atomic E-state index is -0.0549. The predicted octanol–water partition coefficient (Wildman–Crippen LogP) is 1.78. The zero-order chi connectivity index (χ0) is 14.2. The van der Waals surface area contributed by atoms with E-state index in [9.17, 15) is 0 Å². The molecule has 4 rings (SSSR count). The van der Waals surface area contributed by atoms with E-state index in [2.05, 4.69) is 15.5 Å². The summed E-state index contributed by atoms with van der Waals surface area (Å²) in [6.45, 7) is 2.15. The maximum Gasteiger partial charge on any atom is 0.258 e. The average Bonchev–Trinajstić information content (AvgIpc) is 3.17. The van der Waals surface area contributed by atoms with Gasteiger partial charge in [0, 0.05) is 12.1 Å². The fourth-order valence-corrected chi connectivity index (χ4v) is 2.58. The number of rotatable bonds is 2. The maximum absolute atomic E-state index is 6.15. The minimum absolute atomic E-state index is 0.0549. The van der Waals surface area contributed by atoms with E-state index in [1.54, 1.807) is 12.1 Å². The van der Waals surface area contributed by atoms with E-state index in [1.165, 1.54) is 0 Å². The van der Waals surface area contributed by atoms with Crippen LogP contribution in [0.5, 0.6) is 11.5 Å². The Kier molecular flexibility index (Phi) is 3.17. The van der Waals surface area contributed by atoms with Crippen molar-refractivity contribution in [3.63, 3.8) is 0 Å². The SMILES string of the molecule is Clc1cc(-c2nc([C@@H]3COCCN3)no2)cc2c1OCO2. The highest BCUT2D eigenvalue weighted by Gasteiger charge is 2.24. The van der Waals surface area contributed by atoms with Crippen molar-refractivity contribution < 1.29 is 18.7 Å². The van der Waals surface area contributed by atoms with Gasteiger partial charge in [0.2, 0.25) is 6.79 Å². The number of nitrogens with zero attached hydrogens (tertiary/aromatic N) is 2. The Morgan fingerprint density at radius 3 is 3.10 bits per heavy atom. The molecule has 1 aromatic heterocycles. The zero-order valence-electron chi connectivity index (χ0n) is 11.0. The van der Waals surface area contributed by atoms with Crippen LogP contribution in [-0.4, -0.2) is 36.7 Å². The van der Waals surface area contributed by atoms with Crippen LogP contribution in [0, 0.1) is 0 Å². The third-order valence-electron chi connectivity index (χ3n) is 3.35. The molecule has 1 atom stereocenters. The van der Waals surface area contributed by atoms with Gasteiger partial charge in [0.05, 0.1) is 24.3 Å². The van der Waals surface area contributed by atoms with Crippen LogP contribution < -0.4 is 14.8 Å². The number of benzene rings is 1. The summed E-state index contributed by atoms with van der Waals surface area (Å²) in [5.41, 5.74) is 0.694. The Morgan fingerprint density at radius 1 is 1.29 bits per heavy atom. The molecule has 0 amide bonds. The lowest BCUT2D eigenvalue weighted by Crippen LogP contribution is -2.35. The molecule has 2 aromatic rings. The molecule has 21 heavy (non-hydrogen) atoms. The smallest absolute Gasteiger partial charge is 0.258 e. The van der Waals surface area contributed by atoms with Crippen LogP contribution in [0.15, 0.2) is 16.7 Å². The molecule has 7 nitrogen and oxygen atoms in total. The lowest BCUT2D eigenvalue weighted by Gasteiger charge is -2.20. The molecule has 0 unspecified atom stereocenters. The topological polar surface area (TPSA) is 78.6 Å². The lowest BCUT2D eigenvalue weighted by atomic mass is 10.2. The van der Waals surface area contributed by atoms with Gasteiger partial charge in [-0.15, -0.1) is 0 Å². The van der Waals surface area contributed by atoms with E-state index < -0.39 is 0 Å². The number of hydrogen-bond acceptors (Lipinski definition) is 7. The summed E-state index contributed by atoms with van der Waals surface area (Å²) >= 11 is 6.15. The number of fused-ring (bicyclic) bond motifs is 1. The Labute approximate surface area is 125 Å². The first-order valence-corrected chi connectivity index (χ1v) is 6.93. The van der Waals surface area contributed by atoms with Gasteiger partial charge in [-0.3, -0.25) is 0 Å². The van der Waals surface area contributed by atoms with Crippen molar-refractivity contribution in [2.24, 2.45) is 0 Å². The van der Waals surface area contributed by atoms with Crippen LogP contribution in [-0.2, 0) is 4.74 Å². The molecule has 1 N–H and O–H groups in total. The number of halogens is 1. The summed E-state index contributed by atoms with van der Waals surface area (Å²) in [5.74, 6) is 2.08. The van der Waals surface area contributed by atoms with Gasteiger partial charge in [0.15, 0.2) is 17.3 Å². The molecule has 0 aliphatic carbocycles. The number of ether oxygens (including phenoxy) is 3. The summed E-state index contributed by atoms with van der Waals surface area (Å²) in [6, 6.07) is 3.44. The van der Waals surface area contributed by atoms with Crippen LogP contribution in [0.4, 0.5) is 0 Å². The van der Waals surface area contributed by atoms with Crippen molar-refractivity contribution in [3.05, 3.63) is 23.0 Å². The highest BCUT2D eigenvalue weighted by atomic mass is 35.5. The number of nitrogens with one attached hydrogen (secondary N) is 1. The fourth-order valence-electron chi connectivity index (χ4n) is 2.32. The second kappa shape index (κ2) is 5.18. The molecule has 0 saturated carbocycles. The van der Waals surface area contributed by atoms with E-state index in [0.717, 1.165) is 6.54 Å². The molecule has 0 bridgehead atoms. The highest BCUT2D eigenvalue weighted by Crippen LogP contribution is 2.42. The zero-order valence-corrected chi connectivity index (χ0v) is 11.7. The van der Waals surface area contributed by atoms with Gasteiger partial charge in [0.25, 0.3) is 5.89 Å². The maximum atomic E-state index is 6.15. The molecule has 0 spiro atoms. The predicted molar refractivity (Wildman–Crippen MR) is 72.4 cm³/mol. The largest absolute Gasteiger partial charge is 0.454 e. The quantitative estimate of drug-likeness (QED) is 0.905. The monoisotopic (exact) mass is 309 g/mol. The Morgan fingerprint density at radius 2 is 2.24 bits per heavy atom. The van der Waals surface area contributed by atoms with Crippen molar-refractivity contribution in [2.75, 3.05) is 26.6 Å². The van der Waals surface area contributed by atoms with Gasteiger partial charge in [-0.2, -0.15) is 4.98 Å². The molecule has 0 radical (unpaired) electrons. The van der Waals surface area contributed by atoms with Crippen molar-refractivity contribution in [3.8, 4) is 23.0 Å². The van der Waals surface area contributed by atoms with Crippen molar-refractivity contribution in [1.29, 1.82) is 0 Å². The summed E-state index contributed by atoms with van der Waals surface area (Å²) in [6.07, 6.45) is 0. The van der Waals surface area contributed by atoms with E-state index in [1.807, 2.05) is 0 Å². The normalized spacial score (nSPS) is 20.7. The number of morpholine rings is 1. The van der Waals surface area contributed by atoms with Gasteiger partial charge in [-0.1, -0.05) is 16.8 Å². The fraction of sp³-hybridized carbons (Fsp3) is 0.385. The molecule has 1 saturated heterocycles. The number of hydrogen-bond donors (Lipinski definition) is 1. The Balaban J connectivity index is 1.65. The van der Waals surface area contributed by atoms with E-state index in [0.29, 0.717) is 47.0 Å². The number of aromatic nitrogens is 2. The average molecular weight is 310 g/mol. The second-order valence-corrected chi connectivity index (χ2v) is 5.14. The molecular weight excluding hydrogens is 298 g/mol. The van der Waals surface area contributed by atoms with Crippen LogP contribution in [0.2, 0.25) is 5.02 Å². The summed E-state index contributed by atoms with van der Waals surface area (Å²) in [5, 5.41) is 7.73. The molecule has 8 heteroatoms. The Bertz CT molecular complexity index is 669. The van der Waals surface area contributed by atoms with E-state index >= 15 is 0 Å². The van der Waals surface area contributed by atoms with Crippen LogP contribution >= 0.6 is 11.6 Å².